The number of rotatable bonds is 1. The van der Waals surface area contributed by atoms with E-state index in [9.17, 15) is 14.9 Å². The molecule has 1 saturated carbocycles. The highest BCUT2D eigenvalue weighted by Gasteiger charge is 2.35. The lowest BCUT2D eigenvalue weighted by Crippen LogP contribution is -2.36. The summed E-state index contributed by atoms with van der Waals surface area (Å²) in [6.45, 7) is 1.65. The quantitative estimate of drug-likeness (QED) is 0.421. The van der Waals surface area contributed by atoms with Gasteiger partial charge in [0, 0.05) is 17.8 Å². The first kappa shape index (κ1) is 8.17. The molecule has 0 N–H and O–H groups in total. The highest BCUT2D eigenvalue weighted by atomic mass is 16.6. The fourth-order valence-electron chi connectivity index (χ4n) is 1.47. The Labute approximate surface area is 64.7 Å². The SMILES string of the molecule is CC1C(=O)CCCC1[N+](=O)[O-]. The van der Waals surface area contributed by atoms with Crippen LogP contribution in [0.5, 0.6) is 0 Å². The van der Waals surface area contributed by atoms with Crippen molar-refractivity contribution in [1.82, 2.24) is 0 Å². The van der Waals surface area contributed by atoms with Crippen molar-refractivity contribution in [2.75, 3.05) is 0 Å². The molecular weight excluding hydrogens is 146 g/mol. The van der Waals surface area contributed by atoms with Crippen molar-refractivity contribution in [3.8, 4) is 0 Å². The molecule has 1 rings (SSSR count). The van der Waals surface area contributed by atoms with Crippen molar-refractivity contribution in [2.24, 2.45) is 5.92 Å². The first-order chi connectivity index (χ1) is 5.13. The minimum Gasteiger partial charge on any atom is -0.299 e. The normalized spacial score (nSPS) is 31.9. The van der Waals surface area contributed by atoms with E-state index in [1.165, 1.54) is 0 Å². The number of hydrogen-bond acceptors (Lipinski definition) is 3. The van der Waals surface area contributed by atoms with Gasteiger partial charge in [-0.3, -0.25) is 14.9 Å². The lowest BCUT2D eigenvalue weighted by atomic mass is 9.85. The molecule has 62 valence electrons. The van der Waals surface area contributed by atoms with E-state index in [0.29, 0.717) is 19.3 Å². The van der Waals surface area contributed by atoms with Gasteiger partial charge in [0.2, 0.25) is 6.04 Å². The predicted molar refractivity (Wildman–Crippen MR) is 38.8 cm³/mol. The molecular formula is C7H11NO3. The minimum atomic E-state index is -0.628. The molecule has 0 radical (unpaired) electrons. The molecule has 0 aromatic heterocycles. The third-order valence-electron chi connectivity index (χ3n) is 2.28. The molecule has 11 heavy (non-hydrogen) atoms. The van der Waals surface area contributed by atoms with E-state index in [1.54, 1.807) is 6.92 Å². The highest BCUT2D eigenvalue weighted by molar-refractivity contribution is 5.81. The number of nitro groups is 1. The summed E-state index contributed by atoms with van der Waals surface area (Å²) < 4.78 is 0. The largest absolute Gasteiger partial charge is 0.299 e. The third-order valence-corrected chi connectivity index (χ3v) is 2.28. The molecule has 4 heteroatoms. The van der Waals surface area contributed by atoms with Crippen molar-refractivity contribution in [3.63, 3.8) is 0 Å². The second kappa shape index (κ2) is 2.98. The molecule has 0 bridgehead atoms. The van der Waals surface area contributed by atoms with E-state index in [-0.39, 0.29) is 16.6 Å². The molecule has 0 aliphatic heterocycles. The molecule has 1 aliphatic rings. The molecule has 0 spiro atoms. The maximum atomic E-state index is 11.0. The fourth-order valence-corrected chi connectivity index (χ4v) is 1.47. The van der Waals surface area contributed by atoms with Crippen LogP contribution in [0.15, 0.2) is 0 Å². The number of Topliss-reactive ketones (excluding diaryl/α,β-unsaturated/α-hetero) is 1. The van der Waals surface area contributed by atoms with E-state index in [0.717, 1.165) is 0 Å². The Balaban J connectivity index is 2.65. The van der Waals surface area contributed by atoms with E-state index < -0.39 is 6.04 Å². The summed E-state index contributed by atoms with van der Waals surface area (Å²) in [5.74, 6) is -0.336. The number of ketones is 1. The predicted octanol–water partition coefficient (Wildman–Crippen LogP) is 1.02. The molecule has 0 aromatic rings. The van der Waals surface area contributed by atoms with Crippen LogP contribution < -0.4 is 0 Å². The molecule has 0 amide bonds. The Morgan fingerprint density at radius 2 is 2.27 bits per heavy atom. The van der Waals surface area contributed by atoms with Gasteiger partial charge in [-0.15, -0.1) is 0 Å². The van der Waals surface area contributed by atoms with Gasteiger partial charge in [0.1, 0.15) is 5.78 Å². The summed E-state index contributed by atoms with van der Waals surface area (Å²) in [4.78, 5) is 21.0. The van der Waals surface area contributed by atoms with E-state index in [4.69, 9.17) is 0 Å². The van der Waals surface area contributed by atoms with Crippen molar-refractivity contribution in [2.45, 2.75) is 32.2 Å². The standard InChI is InChI=1S/C7H11NO3/c1-5-6(8(10)11)3-2-4-7(5)9/h5-6H,2-4H2,1H3. The van der Waals surface area contributed by atoms with Gasteiger partial charge in [0.05, 0.1) is 5.92 Å². The summed E-state index contributed by atoms with van der Waals surface area (Å²) in [7, 11) is 0. The maximum absolute atomic E-state index is 11.0. The molecule has 1 fully saturated rings. The van der Waals surface area contributed by atoms with Gasteiger partial charge in [-0.05, 0) is 13.3 Å². The molecule has 2 atom stereocenters. The van der Waals surface area contributed by atoms with Crippen LogP contribution in [0.1, 0.15) is 26.2 Å². The number of hydrogen-bond donors (Lipinski definition) is 0. The van der Waals surface area contributed by atoms with Crippen LogP contribution in [0.4, 0.5) is 0 Å². The maximum Gasteiger partial charge on any atom is 0.222 e. The second-order valence-electron chi connectivity index (χ2n) is 3.00. The average Bonchev–Trinajstić information content (AvgIpc) is 1.94. The van der Waals surface area contributed by atoms with E-state index in [2.05, 4.69) is 0 Å². The second-order valence-corrected chi connectivity index (χ2v) is 3.00. The van der Waals surface area contributed by atoms with Gasteiger partial charge in [-0.1, -0.05) is 0 Å². The van der Waals surface area contributed by atoms with Crippen LogP contribution in [0.25, 0.3) is 0 Å². The van der Waals surface area contributed by atoms with Gasteiger partial charge in [-0.25, -0.2) is 0 Å². The summed E-state index contributed by atoms with van der Waals surface area (Å²) in [5, 5.41) is 10.4. The zero-order valence-electron chi connectivity index (χ0n) is 6.45. The molecule has 1 aliphatic carbocycles. The van der Waals surface area contributed by atoms with E-state index >= 15 is 0 Å². The van der Waals surface area contributed by atoms with E-state index in [1.807, 2.05) is 0 Å². The minimum absolute atomic E-state index is 0.0398. The Morgan fingerprint density at radius 1 is 1.64 bits per heavy atom. The van der Waals surface area contributed by atoms with Crippen molar-refractivity contribution < 1.29 is 9.72 Å². The van der Waals surface area contributed by atoms with Crippen LogP contribution >= 0.6 is 0 Å². The third kappa shape index (κ3) is 1.56. The smallest absolute Gasteiger partial charge is 0.222 e. The van der Waals surface area contributed by atoms with Crippen molar-refractivity contribution >= 4 is 5.78 Å². The summed E-state index contributed by atoms with van der Waals surface area (Å²) in [5.41, 5.74) is 0. The lowest BCUT2D eigenvalue weighted by Gasteiger charge is -2.20. The molecule has 0 aromatic carbocycles. The topological polar surface area (TPSA) is 60.2 Å². The lowest BCUT2D eigenvalue weighted by molar-refractivity contribution is -0.530. The van der Waals surface area contributed by atoms with Gasteiger partial charge in [0.25, 0.3) is 0 Å². The average molecular weight is 157 g/mol. The fraction of sp³-hybridized carbons (Fsp3) is 0.857. The molecule has 4 nitrogen and oxygen atoms in total. The Bertz CT molecular complexity index is 190. The monoisotopic (exact) mass is 157 g/mol. The zero-order chi connectivity index (χ0) is 8.43. The van der Waals surface area contributed by atoms with Gasteiger partial charge in [0.15, 0.2) is 0 Å². The Hall–Kier alpha value is -0.930. The number of carbonyl (C=O) groups excluding carboxylic acids is 1. The van der Waals surface area contributed by atoms with Crippen molar-refractivity contribution in [1.29, 1.82) is 0 Å². The molecule has 2 unspecified atom stereocenters. The Kier molecular flexibility index (Phi) is 2.22. The zero-order valence-corrected chi connectivity index (χ0v) is 6.45. The first-order valence-electron chi connectivity index (χ1n) is 3.79. The molecule has 0 heterocycles. The summed E-state index contributed by atoms with van der Waals surface area (Å²) >= 11 is 0. The summed E-state index contributed by atoms with van der Waals surface area (Å²) in [6, 6.07) is -0.628. The number of carbonyl (C=O) groups is 1. The molecule has 0 saturated heterocycles. The van der Waals surface area contributed by atoms with Crippen LogP contribution in [-0.2, 0) is 4.79 Å². The van der Waals surface area contributed by atoms with Crippen LogP contribution in [0, 0.1) is 16.0 Å². The van der Waals surface area contributed by atoms with Crippen LogP contribution in [0.3, 0.4) is 0 Å². The Morgan fingerprint density at radius 3 is 2.73 bits per heavy atom. The van der Waals surface area contributed by atoms with Crippen LogP contribution in [0.2, 0.25) is 0 Å². The van der Waals surface area contributed by atoms with Gasteiger partial charge < -0.3 is 0 Å². The number of nitrogens with zero attached hydrogens (tertiary/aromatic N) is 1. The van der Waals surface area contributed by atoms with Crippen molar-refractivity contribution in [3.05, 3.63) is 10.1 Å². The van der Waals surface area contributed by atoms with Gasteiger partial charge >= 0.3 is 0 Å². The van der Waals surface area contributed by atoms with Gasteiger partial charge in [-0.2, -0.15) is 0 Å². The summed E-state index contributed by atoms with van der Waals surface area (Å²) in [6.07, 6.45) is 1.75. The first-order valence-corrected chi connectivity index (χ1v) is 3.79. The highest BCUT2D eigenvalue weighted by Crippen LogP contribution is 2.22. The van der Waals surface area contributed by atoms with Crippen LogP contribution in [-0.4, -0.2) is 16.7 Å².